The van der Waals surface area contributed by atoms with Crippen LogP contribution in [-0.2, 0) is 0 Å². The molecule has 1 aromatic rings. The molecule has 0 atom stereocenters. The number of phenols is 1. The van der Waals surface area contributed by atoms with Gasteiger partial charge in [-0.2, -0.15) is 0 Å². The van der Waals surface area contributed by atoms with Gasteiger partial charge in [0.1, 0.15) is 5.75 Å². The average Bonchev–Trinajstić information content (AvgIpc) is 2.04. The fourth-order valence-corrected chi connectivity index (χ4v) is 1.59. The van der Waals surface area contributed by atoms with Crippen molar-refractivity contribution in [1.29, 1.82) is 0 Å². The highest BCUT2D eigenvalue weighted by molar-refractivity contribution is 9.10. The van der Waals surface area contributed by atoms with Crippen LogP contribution in [0.4, 0.5) is 0 Å². The molecule has 0 radical (unpaired) electrons. The summed E-state index contributed by atoms with van der Waals surface area (Å²) in [4.78, 5) is 0. The summed E-state index contributed by atoms with van der Waals surface area (Å²) in [5, 5.41) is 9.31. The number of rotatable bonds is 0. The van der Waals surface area contributed by atoms with Crippen molar-refractivity contribution in [2.24, 2.45) is 0 Å². The van der Waals surface area contributed by atoms with E-state index in [0.717, 1.165) is 15.6 Å². The van der Waals surface area contributed by atoms with Crippen molar-refractivity contribution in [2.45, 2.75) is 27.7 Å². The number of aromatic hydroxyl groups is 1. The monoisotopic (exact) mass is 230 g/mol. The van der Waals surface area contributed by atoms with Crippen LogP contribution in [0, 0.1) is 13.8 Å². The van der Waals surface area contributed by atoms with Crippen LogP contribution in [0.1, 0.15) is 25.0 Å². The zero-order chi connectivity index (χ0) is 9.72. The number of benzene rings is 1. The van der Waals surface area contributed by atoms with Crippen molar-refractivity contribution >= 4 is 15.9 Å². The van der Waals surface area contributed by atoms with Gasteiger partial charge in [-0.05, 0) is 37.1 Å². The van der Waals surface area contributed by atoms with Crippen LogP contribution in [0.25, 0.3) is 0 Å². The van der Waals surface area contributed by atoms with E-state index in [-0.39, 0.29) is 0 Å². The van der Waals surface area contributed by atoms with Crippen molar-refractivity contribution in [3.63, 3.8) is 0 Å². The van der Waals surface area contributed by atoms with Crippen molar-refractivity contribution in [1.82, 2.24) is 0 Å². The van der Waals surface area contributed by atoms with E-state index < -0.39 is 0 Å². The molecule has 0 bridgehead atoms. The molecule has 1 aromatic carbocycles. The summed E-state index contributed by atoms with van der Waals surface area (Å²) in [5.74, 6) is 0.392. The molecule has 0 aliphatic rings. The Morgan fingerprint density at radius 1 is 1.08 bits per heavy atom. The molecule has 1 rings (SSSR count). The first kappa shape index (κ1) is 11.5. The fourth-order valence-electron chi connectivity index (χ4n) is 0.903. The van der Waals surface area contributed by atoms with Gasteiger partial charge in [-0.3, -0.25) is 0 Å². The molecule has 68 valence electrons. The van der Waals surface area contributed by atoms with E-state index in [4.69, 9.17) is 0 Å². The summed E-state index contributed by atoms with van der Waals surface area (Å²) in [5.41, 5.74) is 1.82. The molecule has 0 saturated carbocycles. The maximum atomic E-state index is 9.31. The molecule has 0 amide bonds. The van der Waals surface area contributed by atoms with Crippen LogP contribution < -0.4 is 0 Å². The van der Waals surface area contributed by atoms with Crippen LogP contribution in [0.3, 0.4) is 0 Å². The highest BCUT2D eigenvalue weighted by atomic mass is 79.9. The summed E-state index contributed by atoms with van der Waals surface area (Å²) < 4.78 is 1.01. The number of aryl methyl sites for hydroxylation is 2. The predicted octanol–water partition coefficient (Wildman–Crippen LogP) is 3.80. The van der Waals surface area contributed by atoms with Crippen molar-refractivity contribution < 1.29 is 5.11 Å². The van der Waals surface area contributed by atoms with Crippen LogP contribution in [-0.4, -0.2) is 5.11 Å². The van der Waals surface area contributed by atoms with Crippen LogP contribution in [0.15, 0.2) is 16.6 Å². The first-order chi connectivity index (χ1) is 5.61. The van der Waals surface area contributed by atoms with Crippen LogP contribution >= 0.6 is 15.9 Å². The third kappa shape index (κ3) is 2.86. The summed E-state index contributed by atoms with van der Waals surface area (Å²) in [7, 11) is 0. The van der Waals surface area contributed by atoms with E-state index >= 15 is 0 Å². The number of phenolic OH excluding ortho intramolecular Hbond substituents is 1. The molecule has 0 saturated heterocycles. The minimum absolute atomic E-state index is 0.392. The maximum absolute atomic E-state index is 9.31. The minimum Gasteiger partial charge on any atom is -0.507 e. The normalized spacial score (nSPS) is 8.75. The molecule has 0 aromatic heterocycles. The Bertz CT molecular complexity index is 233. The molecule has 0 fully saturated rings. The second kappa shape index (κ2) is 5.20. The largest absolute Gasteiger partial charge is 0.507 e. The Morgan fingerprint density at radius 3 is 1.75 bits per heavy atom. The zero-order valence-electron chi connectivity index (χ0n) is 7.98. The van der Waals surface area contributed by atoms with Crippen LogP contribution in [0.2, 0.25) is 0 Å². The lowest BCUT2D eigenvalue weighted by atomic mass is 10.1. The number of halogens is 1. The Kier molecular flexibility index (Phi) is 4.98. The van der Waals surface area contributed by atoms with Gasteiger partial charge in [0.2, 0.25) is 0 Å². The van der Waals surface area contributed by atoms with Crippen molar-refractivity contribution in [3.05, 3.63) is 27.7 Å². The van der Waals surface area contributed by atoms with Gasteiger partial charge in [0.25, 0.3) is 0 Å². The molecule has 0 spiro atoms. The fraction of sp³-hybridized carbons (Fsp3) is 0.400. The molecule has 2 heteroatoms. The first-order valence-corrected chi connectivity index (χ1v) is 4.86. The Hall–Kier alpha value is -0.500. The van der Waals surface area contributed by atoms with Gasteiger partial charge in [0.05, 0.1) is 0 Å². The van der Waals surface area contributed by atoms with Gasteiger partial charge in [-0.15, -0.1) is 0 Å². The molecule has 0 aliphatic carbocycles. The zero-order valence-corrected chi connectivity index (χ0v) is 9.57. The van der Waals surface area contributed by atoms with E-state index in [1.807, 2.05) is 39.8 Å². The van der Waals surface area contributed by atoms with E-state index in [1.54, 1.807) is 0 Å². The lowest BCUT2D eigenvalue weighted by Crippen LogP contribution is -1.79. The van der Waals surface area contributed by atoms with Gasteiger partial charge in [0, 0.05) is 4.47 Å². The van der Waals surface area contributed by atoms with E-state index in [0.29, 0.717) is 5.75 Å². The number of hydrogen-bond donors (Lipinski definition) is 1. The maximum Gasteiger partial charge on any atom is 0.121 e. The first-order valence-electron chi connectivity index (χ1n) is 4.07. The summed E-state index contributed by atoms with van der Waals surface area (Å²) >= 11 is 3.34. The summed E-state index contributed by atoms with van der Waals surface area (Å²) in [6.45, 7) is 7.76. The van der Waals surface area contributed by atoms with E-state index in [2.05, 4.69) is 15.9 Å². The lowest BCUT2D eigenvalue weighted by Gasteiger charge is -2.02. The van der Waals surface area contributed by atoms with Gasteiger partial charge in [-0.25, -0.2) is 0 Å². The Balaban J connectivity index is 0.000000561. The standard InChI is InChI=1S/C8H9BrO.C2H6/c1-5-3-7(9)4-6(2)8(5)10;1-2/h3-4,10H,1-2H3;1-2H3. The van der Waals surface area contributed by atoms with Gasteiger partial charge >= 0.3 is 0 Å². The summed E-state index contributed by atoms with van der Waals surface area (Å²) in [6, 6.07) is 3.78. The topological polar surface area (TPSA) is 20.2 Å². The molecule has 0 unspecified atom stereocenters. The van der Waals surface area contributed by atoms with E-state index in [1.165, 1.54) is 0 Å². The smallest absolute Gasteiger partial charge is 0.121 e. The second-order valence-corrected chi connectivity index (χ2v) is 3.30. The molecule has 1 N–H and O–H groups in total. The Morgan fingerprint density at radius 2 is 1.42 bits per heavy atom. The van der Waals surface area contributed by atoms with Crippen molar-refractivity contribution in [3.8, 4) is 5.75 Å². The number of hydrogen-bond acceptors (Lipinski definition) is 1. The SMILES string of the molecule is CC.Cc1cc(Br)cc(C)c1O. The second-order valence-electron chi connectivity index (χ2n) is 2.39. The lowest BCUT2D eigenvalue weighted by molar-refractivity contribution is 0.467. The van der Waals surface area contributed by atoms with Gasteiger partial charge in [0.15, 0.2) is 0 Å². The minimum atomic E-state index is 0.392. The van der Waals surface area contributed by atoms with E-state index in [9.17, 15) is 5.11 Å². The van der Waals surface area contributed by atoms with Crippen LogP contribution in [0.5, 0.6) is 5.75 Å². The molecule has 1 nitrogen and oxygen atoms in total. The molecular formula is C10H15BrO. The van der Waals surface area contributed by atoms with Gasteiger partial charge < -0.3 is 5.11 Å². The molecule has 0 heterocycles. The van der Waals surface area contributed by atoms with Gasteiger partial charge in [-0.1, -0.05) is 29.8 Å². The average molecular weight is 231 g/mol. The molecule has 12 heavy (non-hydrogen) atoms. The third-order valence-electron chi connectivity index (χ3n) is 1.46. The highest BCUT2D eigenvalue weighted by Gasteiger charge is 1.99. The Labute approximate surface area is 82.6 Å². The molecule has 0 aliphatic heterocycles. The summed E-state index contributed by atoms with van der Waals surface area (Å²) in [6.07, 6.45) is 0. The quantitative estimate of drug-likeness (QED) is 0.720. The third-order valence-corrected chi connectivity index (χ3v) is 1.91. The predicted molar refractivity (Wildman–Crippen MR) is 56.6 cm³/mol. The highest BCUT2D eigenvalue weighted by Crippen LogP contribution is 2.25. The molecular weight excluding hydrogens is 216 g/mol. The van der Waals surface area contributed by atoms with Crippen molar-refractivity contribution in [2.75, 3.05) is 0 Å².